The molecule has 76 valence electrons. The molecule has 0 heterocycles. The van der Waals surface area contributed by atoms with Crippen LogP contribution in [0.25, 0.3) is 0 Å². The summed E-state index contributed by atoms with van der Waals surface area (Å²) in [5.74, 6) is 0. The van der Waals surface area contributed by atoms with E-state index in [2.05, 4.69) is 31.1 Å². The number of rotatable bonds is 3. The van der Waals surface area contributed by atoms with Crippen LogP contribution >= 0.6 is 0 Å². The van der Waals surface area contributed by atoms with E-state index in [4.69, 9.17) is 0 Å². The van der Waals surface area contributed by atoms with E-state index in [-0.39, 0.29) is 0 Å². The van der Waals surface area contributed by atoms with E-state index in [1.807, 2.05) is 12.1 Å². The van der Waals surface area contributed by atoms with Crippen molar-refractivity contribution in [2.24, 2.45) is 0 Å². The summed E-state index contributed by atoms with van der Waals surface area (Å²) in [7, 11) is 4.12. The molecule has 1 saturated carbocycles. The fourth-order valence-electron chi connectivity index (χ4n) is 1.69. The van der Waals surface area contributed by atoms with Crippen molar-refractivity contribution in [1.29, 1.82) is 0 Å². The number of benzene rings is 1. The van der Waals surface area contributed by atoms with Gasteiger partial charge in [-0.2, -0.15) is 0 Å². The van der Waals surface area contributed by atoms with Crippen molar-refractivity contribution in [2.45, 2.75) is 25.0 Å². The van der Waals surface area contributed by atoms with Crippen LogP contribution in [-0.4, -0.2) is 24.1 Å². The van der Waals surface area contributed by atoms with Gasteiger partial charge in [0.1, 0.15) is 0 Å². The van der Waals surface area contributed by atoms with Crippen molar-refractivity contribution in [3.63, 3.8) is 0 Å². The molecule has 0 aromatic heterocycles. The van der Waals surface area contributed by atoms with Crippen molar-refractivity contribution < 1.29 is 5.11 Å². The summed E-state index contributed by atoms with van der Waals surface area (Å²) in [4.78, 5) is 2.14. The molecule has 2 rings (SSSR count). The highest BCUT2D eigenvalue weighted by molar-refractivity contribution is 5.30. The maximum Gasteiger partial charge on any atom is 0.0899 e. The normalized spacial score (nSPS) is 18.6. The minimum atomic E-state index is -0.489. The second kappa shape index (κ2) is 3.37. The predicted molar refractivity (Wildman–Crippen MR) is 57.0 cm³/mol. The van der Waals surface area contributed by atoms with Gasteiger partial charge in [0.2, 0.25) is 0 Å². The molecule has 0 radical (unpaired) electrons. The topological polar surface area (TPSA) is 23.5 Å². The molecule has 1 N–H and O–H groups in total. The average molecular weight is 191 g/mol. The smallest absolute Gasteiger partial charge is 0.0899 e. The van der Waals surface area contributed by atoms with Gasteiger partial charge in [-0.25, -0.2) is 0 Å². The first-order valence-corrected chi connectivity index (χ1v) is 5.07. The highest BCUT2D eigenvalue weighted by Gasteiger charge is 2.41. The lowest BCUT2D eigenvalue weighted by molar-refractivity contribution is 0.151. The average Bonchev–Trinajstić information content (AvgIpc) is 2.85. The monoisotopic (exact) mass is 191 g/mol. The summed E-state index contributed by atoms with van der Waals surface area (Å²) in [6, 6.07) is 8.30. The lowest BCUT2D eigenvalue weighted by atomic mass is 10.1. The SMILES string of the molecule is CN(C)Cc1ccc(C2(O)CC2)cc1. The second-order valence-corrected chi connectivity index (χ2v) is 4.47. The molecule has 0 atom stereocenters. The van der Waals surface area contributed by atoms with E-state index in [9.17, 15) is 5.11 Å². The largest absolute Gasteiger partial charge is 0.385 e. The Morgan fingerprint density at radius 3 is 2.21 bits per heavy atom. The summed E-state index contributed by atoms with van der Waals surface area (Å²) < 4.78 is 0. The number of hydrogen-bond acceptors (Lipinski definition) is 2. The molecule has 0 spiro atoms. The van der Waals surface area contributed by atoms with Gasteiger partial charge in [-0.3, -0.25) is 0 Å². The molecule has 0 aliphatic heterocycles. The summed E-state index contributed by atoms with van der Waals surface area (Å²) in [6.07, 6.45) is 1.83. The van der Waals surface area contributed by atoms with Gasteiger partial charge in [-0.15, -0.1) is 0 Å². The minimum Gasteiger partial charge on any atom is -0.385 e. The highest BCUT2D eigenvalue weighted by atomic mass is 16.3. The molecule has 1 fully saturated rings. The third-order valence-electron chi connectivity index (χ3n) is 2.71. The summed E-state index contributed by atoms with van der Waals surface area (Å²) in [5, 5.41) is 9.86. The van der Waals surface area contributed by atoms with Crippen molar-refractivity contribution in [1.82, 2.24) is 4.90 Å². The number of hydrogen-bond donors (Lipinski definition) is 1. The summed E-state index contributed by atoms with van der Waals surface area (Å²) in [6.45, 7) is 0.957. The van der Waals surface area contributed by atoms with E-state index in [0.29, 0.717) is 0 Å². The Bertz CT molecular complexity index is 312. The summed E-state index contributed by atoms with van der Waals surface area (Å²) >= 11 is 0. The van der Waals surface area contributed by atoms with Gasteiger partial charge in [0.15, 0.2) is 0 Å². The van der Waals surface area contributed by atoms with Crippen molar-refractivity contribution in [2.75, 3.05) is 14.1 Å². The van der Waals surface area contributed by atoms with E-state index < -0.39 is 5.60 Å². The van der Waals surface area contributed by atoms with Crippen LogP contribution in [0.5, 0.6) is 0 Å². The molecular weight excluding hydrogens is 174 g/mol. The van der Waals surface area contributed by atoms with Gasteiger partial charge in [-0.05, 0) is 38.1 Å². The van der Waals surface area contributed by atoms with E-state index in [1.54, 1.807) is 0 Å². The van der Waals surface area contributed by atoms with Crippen LogP contribution in [0, 0.1) is 0 Å². The molecule has 1 aromatic rings. The standard InChI is InChI=1S/C12H17NO/c1-13(2)9-10-3-5-11(6-4-10)12(14)7-8-12/h3-6,14H,7-9H2,1-2H3. The number of nitrogens with zero attached hydrogens (tertiary/aromatic N) is 1. The maximum absolute atomic E-state index is 9.86. The molecule has 2 nitrogen and oxygen atoms in total. The zero-order valence-corrected chi connectivity index (χ0v) is 8.83. The van der Waals surface area contributed by atoms with Crippen LogP contribution in [0.2, 0.25) is 0 Å². The van der Waals surface area contributed by atoms with Crippen LogP contribution in [0.4, 0.5) is 0 Å². The first-order chi connectivity index (χ1) is 6.60. The molecule has 1 aliphatic rings. The molecular formula is C12H17NO. The molecule has 1 aromatic carbocycles. The first kappa shape index (κ1) is 9.69. The highest BCUT2D eigenvalue weighted by Crippen LogP contribution is 2.45. The Hall–Kier alpha value is -0.860. The Balaban J connectivity index is 2.10. The van der Waals surface area contributed by atoms with Crippen molar-refractivity contribution in [3.05, 3.63) is 35.4 Å². The molecule has 2 heteroatoms. The lowest BCUT2D eigenvalue weighted by Crippen LogP contribution is -2.11. The molecule has 14 heavy (non-hydrogen) atoms. The molecule has 0 bridgehead atoms. The van der Waals surface area contributed by atoms with Gasteiger partial charge >= 0.3 is 0 Å². The van der Waals surface area contributed by atoms with Crippen LogP contribution in [-0.2, 0) is 12.1 Å². The maximum atomic E-state index is 9.86. The first-order valence-electron chi connectivity index (χ1n) is 5.07. The Morgan fingerprint density at radius 2 is 1.79 bits per heavy atom. The van der Waals surface area contributed by atoms with E-state index in [0.717, 1.165) is 24.9 Å². The lowest BCUT2D eigenvalue weighted by Gasteiger charge is -2.12. The van der Waals surface area contributed by atoms with Crippen molar-refractivity contribution in [3.8, 4) is 0 Å². The molecule has 0 unspecified atom stereocenters. The van der Waals surface area contributed by atoms with E-state index >= 15 is 0 Å². The molecule has 1 aliphatic carbocycles. The van der Waals surface area contributed by atoms with Crippen LogP contribution in [0.1, 0.15) is 24.0 Å². The zero-order chi connectivity index (χ0) is 10.2. The second-order valence-electron chi connectivity index (χ2n) is 4.47. The zero-order valence-electron chi connectivity index (χ0n) is 8.83. The predicted octanol–water partition coefficient (Wildman–Crippen LogP) is 1.73. The minimum absolute atomic E-state index is 0.489. The van der Waals surface area contributed by atoms with Gasteiger partial charge in [0.25, 0.3) is 0 Å². The van der Waals surface area contributed by atoms with E-state index in [1.165, 1.54) is 5.56 Å². The van der Waals surface area contributed by atoms with Crippen LogP contribution < -0.4 is 0 Å². The molecule has 0 amide bonds. The van der Waals surface area contributed by atoms with Gasteiger partial charge in [0.05, 0.1) is 5.60 Å². The van der Waals surface area contributed by atoms with Crippen molar-refractivity contribution >= 4 is 0 Å². The quantitative estimate of drug-likeness (QED) is 0.786. The van der Waals surface area contributed by atoms with Gasteiger partial charge < -0.3 is 10.0 Å². The van der Waals surface area contributed by atoms with Crippen LogP contribution in [0.3, 0.4) is 0 Å². The summed E-state index contributed by atoms with van der Waals surface area (Å²) in [5.41, 5.74) is 1.87. The molecule has 0 saturated heterocycles. The van der Waals surface area contributed by atoms with Crippen LogP contribution in [0.15, 0.2) is 24.3 Å². The Morgan fingerprint density at radius 1 is 1.21 bits per heavy atom. The Labute approximate surface area is 85.2 Å². The van der Waals surface area contributed by atoms with Gasteiger partial charge in [-0.1, -0.05) is 24.3 Å². The third-order valence-corrected chi connectivity index (χ3v) is 2.71. The Kier molecular flexibility index (Phi) is 2.33. The fraction of sp³-hybridized carbons (Fsp3) is 0.500. The van der Waals surface area contributed by atoms with Gasteiger partial charge in [0, 0.05) is 6.54 Å². The number of aliphatic hydroxyl groups is 1. The fourth-order valence-corrected chi connectivity index (χ4v) is 1.69. The third kappa shape index (κ3) is 1.97.